The third-order valence-corrected chi connectivity index (χ3v) is 3.28. The zero-order valence-corrected chi connectivity index (χ0v) is 11.2. The molecule has 3 aromatic rings. The van der Waals surface area contributed by atoms with Gasteiger partial charge in [-0.2, -0.15) is 0 Å². The lowest BCUT2D eigenvalue weighted by molar-refractivity contribution is -0.116. The number of nitrogen functional groups attached to an aromatic ring is 1. The smallest absolute Gasteiger partial charge is 0.244 e. The number of halogens is 1. The second kappa shape index (κ2) is 5.28. The van der Waals surface area contributed by atoms with Crippen LogP contribution in [0.3, 0.4) is 0 Å². The van der Waals surface area contributed by atoms with Gasteiger partial charge in [-0.05, 0) is 35.7 Å². The summed E-state index contributed by atoms with van der Waals surface area (Å²) in [7, 11) is 0. The van der Waals surface area contributed by atoms with Crippen LogP contribution in [0.25, 0.3) is 10.9 Å². The lowest BCUT2D eigenvalue weighted by Gasteiger charge is -2.09. The van der Waals surface area contributed by atoms with Crippen LogP contribution in [0, 0.1) is 5.82 Å². The van der Waals surface area contributed by atoms with Crippen molar-refractivity contribution in [2.24, 2.45) is 0 Å². The third kappa shape index (κ3) is 2.72. The van der Waals surface area contributed by atoms with Gasteiger partial charge in [0.05, 0.1) is 11.4 Å². The molecule has 21 heavy (non-hydrogen) atoms. The number of rotatable bonds is 3. The molecule has 0 aliphatic heterocycles. The lowest BCUT2D eigenvalue weighted by atomic mass is 10.2. The quantitative estimate of drug-likeness (QED) is 0.726. The molecule has 0 aliphatic rings. The molecular weight excluding hydrogens is 269 g/mol. The molecule has 0 bridgehead atoms. The summed E-state index contributed by atoms with van der Waals surface area (Å²) in [4.78, 5) is 12.1. The van der Waals surface area contributed by atoms with Gasteiger partial charge in [0, 0.05) is 11.7 Å². The first-order valence-electron chi connectivity index (χ1n) is 6.52. The van der Waals surface area contributed by atoms with Crippen LogP contribution in [0.15, 0.2) is 54.7 Å². The molecule has 1 heterocycles. The van der Waals surface area contributed by atoms with Crippen LogP contribution in [0.5, 0.6) is 0 Å². The Morgan fingerprint density at radius 1 is 1.19 bits per heavy atom. The van der Waals surface area contributed by atoms with E-state index < -0.39 is 5.82 Å². The maximum Gasteiger partial charge on any atom is 0.244 e. The van der Waals surface area contributed by atoms with E-state index in [1.807, 2.05) is 41.1 Å². The van der Waals surface area contributed by atoms with Gasteiger partial charge in [-0.25, -0.2) is 4.39 Å². The van der Waals surface area contributed by atoms with Gasteiger partial charge in [-0.3, -0.25) is 4.79 Å². The van der Waals surface area contributed by atoms with Crippen LogP contribution in [-0.2, 0) is 11.3 Å². The lowest BCUT2D eigenvalue weighted by Crippen LogP contribution is -2.19. The van der Waals surface area contributed by atoms with E-state index in [0.717, 1.165) is 10.9 Å². The maximum absolute atomic E-state index is 13.0. The molecule has 0 saturated carbocycles. The summed E-state index contributed by atoms with van der Waals surface area (Å²) in [6, 6.07) is 13.7. The number of carbonyl (C=O) groups excluding carboxylic acids is 1. The summed E-state index contributed by atoms with van der Waals surface area (Å²) in [5.74, 6) is -0.642. The van der Waals surface area contributed by atoms with E-state index in [1.54, 1.807) is 0 Å². The average molecular weight is 283 g/mol. The monoisotopic (exact) mass is 283 g/mol. The number of amides is 1. The van der Waals surface area contributed by atoms with Crippen LogP contribution in [0.1, 0.15) is 0 Å². The Kier molecular flexibility index (Phi) is 3.31. The van der Waals surface area contributed by atoms with Crippen molar-refractivity contribution < 1.29 is 9.18 Å². The maximum atomic E-state index is 13.0. The van der Waals surface area contributed by atoms with Crippen molar-refractivity contribution in [1.29, 1.82) is 0 Å². The highest BCUT2D eigenvalue weighted by molar-refractivity contribution is 5.94. The molecule has 4 nitrogen and oxygen atoms in total. The summed E-state index contributed by atoms with van der Waals surface area (Å²) >= 11 is 0. The Morgan fingerprint density at radius 3 is 2.81 bits per heavy atom. The molecule has 0 atom stereocenters. The predicted octanol–water partition coefficient (Wildman–Crippen LogP) is 3.00. The summed E-state index contributed by atoms with van der Waals surface area (Å²) in [5, 5.41) is 3.76. The van der Waals surface area contributed by atoms with E-state index in [-0.39, 0.29) is 18.1 Å². The Balaban J connectivity index is 1.77. The van der Waals surface area contributed by atoms with Crippen LogP contribution in [0.2, 0.25) is 0 Å². The number of nitrogens with one attached hydrogen (secondary N) is 1. The van der Waals surface area contributed by atoms with Gasteiger partial charge in [-0.1, -0.05) is 18.2 Å². The normalized spacial score (nSPS) is 10.7. The zero-order valence-electron chi connectivity index (χ0n) is 11.2. The molecule has 3 rings (SSSR count). The van der Waals surface area contributed by atoms with Crippen LogP contribution in [-0.4, -0.2) is 10.5 Å². The fourth-order valence-electron chi connectivity index (χ4n) is 2.27. The number of nitrogens with zero attached hydrogens (tertiary/aromatic N) is 1. The van der Waals surface area contributed by atoms with Gasteiger partial charge in [0.15, 0.2) is 0 Å². The first-order chi connectivity index (χ1) is 10.1. The molecule has 1 aromatic heterocycles. The Labute approximate surface area is 121 Å². The van der Waals surface area contributed by atoms with Gasteiger partial charge in [0.25, 0.3) is 0 Å². The minimum atomic E-state index is -0.429. The van der Waals surface area contributed by atoms with E-state index >= 15 is 0 Å². The summed E-state index contributed by atoms with van der Waals surface area (Å²) in [6.07, 6.45) is 1.86. The highest BCUT2D eigenvalue weighted by Gasteiger charge is 2.08. The SMILES string of the molecule is Nc1cc(F)ccc1NC(=O)Cn1ccc2ccccc21. The van der Waals surface area contributed by atoms with E-state index in [2.05, 4.69) is 5.32 Å². The fourth-order valence-corrected chi connectivity index (χ4v) is 2.27. The first-order valence-corrected chi connectivity index (χ1v) is 6.52. The first kappa shape index (κ1) is 13.2. The molecule has 0 spiro atoms. The number of carbonyl (C=O) groups is 1. The molecular formula is C16H14FN3O. The van der Waals surface area contributed by atoms with Crippen molar-refractivity contribution in [2.75, 3.05) is 11.1 Å². The largest absolute Gasteiger partial charge is 0.397 e. The molecule has 1 amide bonds. The molecule has 3 N–H and O–H groups in total. The van der Waals surface area contributed by atoms with Crippen LogP contribution < -0.4 is 11.1 Å². The molecule has 2 aromatic carbocycles. The molecule has 5 heteroatoms. The van der Waals surface area contributed by atoms with E-state index in [4.69, 9.17) is 5.73 Å². The highest BCUT2D eigenvalue weighted by Crippen LogP contribution is 2.20. The van der Waals surface area contributed by atoms with Gasteiger partial charge in [-0.15, -0.1) is 0 Å². The highest BCUT2D eigenvalue weighted by atomic mass is 19.1. The number of hydrogen-bond donors (Lipinski definition) is 2. The molecule has 106 valence electrons. The number of anilines is 2. The average Bonchev–Trinajstić information content (AvgIpc) is 2.85. The fraction of sp³-hybridized carbons (Fsp3) is 0.0625. The molecule has 0 radical (unpaired) electrons. The van der Waals surface area contributed by atoms with E-state index in [9.17, 15) is 9.18 Å². The van der Waals surface area contributed by atoms with Crippen molar-refractivity contribution in [3.63, 3.8) is 0 Å². The van der Waals surface area contributed by atoms with Gasteiger partial charge in [0.1, 0.15) is 12.4 Å². The van der Waals surface area contributed by atoms with Gasteiger partial charge in [0.2, 0.25) is 5.91 Å². The number of fused-ring (bicyclic) bond motifs is 1. The van der Waals surface area contributed by atoms with Crippen molar-refractivity contribution in [3.8, 4) is 0 Å². The number of hydrogen-bond acceptors (Lipinski definition) is 2. The van der Waals surface area contributed by atoms with Gasteiger partial charge >= 0.3 is 0 Å². The van der Waals surface area contributed by atoms with Crippen LogP contribution in [0.4, 0.5) is 15.8 Å². The molecule has 0 unspecified atom stereocenters. The third-order valence-electron chi connectivity index (χ3n) is 3.28. The Hall–Kier alpha value is -2.82. The second-order valence-corrected chi connectivity index (χ2v) is 4.78. The van der Waals surface area contributed by atoms with Crippen LogP contribution >= 0.6 is 0 Å². The minimum absolute atomic E-state index is 0.171. The minimum Gasteiger partial charge on any atom is -0.397 e. The number of aromatic nitrogens is 1. The number of nitrogens with two attached hydrogens (primary N) is 1. The van der Waals surface area contributed by atoms with Crippen molar-refractivity contribution in [1.82, 2.24) is 4.57 Å². The van der Waals surface area contributed by atoms with Crippen molar-refractivity contribution in [3.05, 3.63) is 60.5 Å². The summed E-state index contributed by atoms with van der Waals surface area (Å²) < 4.78 is 14.8. The van der Waals surface area contributed by atoms with Gasteiger partial charge < -0.3 is 15.6 Å². The zero-order chi connectivity index (χ0) is 14.8. The molecule has 0 saturated heterocycles. The van der Waals surface area contributed by atoms with Crippen molar-refractivity contribution in [2.45, 2.75) is 6.54 Å². The number of para-hydroxylation sites is 1. The molecule has 0 aliphatic carbocycles. The van der Waals surface area contributed by atoms with Crippen molar-refractivity contribution >= 4 is 28.2 Å². The Morgan fingerprint density at radius 2 is 2.00 bits per heavy atom. The van der Waals surface area contributed by atoms with E-state index in [0.29, 0.717) is 5.69 Å². The predicted molar refractivity (Wildman–Crippen MR) is 81.4 cm³/mol. The Bertz CT molecular complexity index is 810. The molecule has 0 fully saturated rings. The topological polar surface area (TPSA) is 60.0 Å². The summed E-state index contributed by atoms with van der Waals surface area (Å²) in [6.45, 7) is 0.171. The number of benzene rings is 2. The second-order valence-electron chi connectivity index (χ2n) is 4.78. The van der Waals surface area contributed by atoms with E-state index in [1.165, 1.54) is 18.2 Å². The summed E-state index contributed by atoms with van der Waals surface area (Å²) in [5.41, 5.74) is 7.28. The standard InChI is InChI=1S/C16H14FN3O/c17-12-5-6-14(13(18)9-12)19-16(21)10-20-8-7-11-3-1-2-4-15(11)20/h1-9H,10,18H2,(H,19,21).